The maximum atomic E-state index is 11.4. The zero-order valence-corrected chi connectivity index (χ0v) is 16.6. The van der Waals surface area contributed by atoms with Crippen molar-refractivity contribution in [2.24, 2.45) is 0 Å². The number of carbonyl (C=O) groups is 1. The summed E-state index contributed by atoms with van der Waals surface area (Å²) in [5.41, 5.74) is 1.20. The second kappa shape index (κ2) is 14.4. The second-order valence-corrected chi connectivity index (χ2v) is 6.93. The summed E-state index contributed by atoms with van der Waals surface area (Å²) in [4.78, 5) is 11.4. The molecule has 0 atom stereocenters. The van der Waals surface area contributed by atoms with Gasteiger partial charge in [-0.05, 0) is 50.2 Å². The van der Waals surface area contributed by atoms with Gasteiger partial charge in [0, 0.05) is 0 Å². The van der Waals surface area contributed by atoms with E-state index in [2.05, 4.69) is 19.1 Å². The minimum Gasteiger partial charge on any atom is -0.496 e. The summed E-state index contributed by atoms with van der Waals surface area (Å²) in [6.45, 7) is 2.25. The van der Waals surface area contributed by atoms with Gasteiger partial charge < -0.3 is 9.84 Å². The number of unbranched alkanes of at least 4 members (excludes halogenated alkanes) is 9. The van der Waals surface area contributed by atoms with Crippen LogP contribution >= 0.6 is 0 Å². The molecular formula is C23H36O3. The van der Waals surface area contributed by atoms with Crippen molar-refractivity contribution in [2.45, 2.75) is 84.0 Å². The molecule has 0 saturated heterocycles. The zero-order valence-electron chi connectivity index (χ0n) is 16.6. The molecule has 0 heterocycles. The normalized spacial score (nSPS) is 11.2. The monoisotopic (exact) mass is 360 g/mol. The Morgan fingerprint density at radius 2 is 1.58 bits per heavy atom. The van der Waals surface area contributed by atoms with Crippen LogP contribution in [0, 0.1) is 0 Å². The number of aryl methyl sites for hydroxylation is 1. The van der Waals surface area contributed by atoms with Gasteiger partial charge in [-0.1, -0.05) is 69.7 Å². The number of aromatic carboxylic acids is 1. The van der Waals surface area contributed by atoms with Crippen LogP contribution in [0.25, 0.3) is 0 Å². The number of rotatable bonds is 15. The van der Waals surface area contributed by atoms with Crippen molar-refractivity contribution < 1.29 is 14.6 Å². The molecule has 0 bridgehead atoms. The highest BCUT2D eigenvalue weighted by atomic mass is 16.5. The van der Waals surface area contributed by atoms with E-state index in [0.717, 1.165) is 24.8 Å². The minimum atomic E-state index is -0.904. The highest BCUT2D eigenvalue weighted by Crippen LogP contribution is 2.24. The SMILES string of the molecule is CCCCCC/C=C\CCCCCCCc1cccc(OC)c1C(=O)O. The lowest BCUT2D eigenvalue weighted by Crippen LogP contribution is -2.05. The largest absolute Gasteiger partial charge is 0.496 e. The molecule has 0 aliphatic carbocycles. The minimum absolute atomic E-state index is 0.319. The molecule has 0 spiro atoms. The van der Waals surface area contributed by atoms with E-state index in [0.29, 0.717) is 11.3 Å². The maximum absolute atomic E-state index is 11.4. The fourth-order valence-electron chi connectivity index (χ4n) is 3.23. The number of carboxylic acids is 1. The van der Waals surface area contributed by atoms with Crippen molar-refractivity contribution in [2.75, 3.05) is 7.11 Å². The Morgan fingerprint density at radius 1 is 0.962 bits per heavy atom. The van der Waals surface area contributed by atoms with Gasteiger partial charge in [-0.25, -0.2) is 4.79 Å². The fourth-order valence-corrected chi connectivity index (χ4v) is 3.23. The topological polar surface area (TPSA) is 46.5 Å². The van der Waals surface area contributed by atoms with Crippen LogP contribution in [0.3, 0.4) is 0 Å². The van der Waals surface area contributed by atoms with Gasteiger partial charge in [0.05, 0.1) is 7.11 Å². The molecule has 0 aromatic heterocycles. The van der Waals surface area contributed by atoms with Crippen molar-refractivity contribution >= 4 is 5.97 Å². The molecule has 0 aliphatic rings. The van der Waals surface area contributed by atoms with Gasteiger partial charge in [-0.2, -0.15) is 0 Å². The smallest absolute Gasteiger partial charge is 0.339 e. The summed E-state index contributed by atoms with van der Waals surface area (Å²) in [7, 11) is 1.52. The van der Waals surface area contributed by atoms with E-state index in [4.69, 9.17) is 4.74 Å². The van der Waals surface area contributed by atoms with E-state index >= 15 is 0 Å². The molecule has 146 valence electrons. The number of allylic oxidation sites excluding steroid dienone is 2. The van der Waals surface area contributed by atoms with Crippen molar-refractivity contribution in [3.8, 4) is 5.75 Å². The number of carboxylic acid groups (broad SMARTS) is 1. The molecule has 0 radical (unpaired) electrons. The van der Waals surface area contributed by atoms with Crippen LogP contribution in [0.4, 0.5) is 0 Å². The van der Waals surface area contributed by atoms with Gasteiger partial charge in [-0.3, -0.25) is 0 Å². The first-order valence-corrected chi connectivity index (χ1v) is 10.2. The average Bonchev–Trinajstić information content (AvgIpc) is 2.65. The molecule has 0 saturated carbocycles. The number of hydrogen-bond acceptors (Lipinski definition) is 2. The molecule has 1 rings (SSSR count). The highest BCUT2D eigenvalue weighted by molar-refractivity contribution is 5.92. The molecule has 0 amide bonds. The molecule has 26 heavy (non-hydrogen) atoms. The van der Waals surface area contributed by atoms with E-state index in [-0.39, 0.29) is 0 Å². The molecule has 1 N–H and O–H groups in total. The molecular weight excluding hydrogens is 324 g/mol. The Morgan fingerprint density at radius 3 is 2.19 bits per heavy atom. The Balaban J connectivity index is 2.13. The van der Waals surface area contributed by atoms with E-state index in [1.165, 1.54) is 64.9 Å². The first-order chi connectivity index (χ1) is 12.7. The van der Waals surface area contributed by atoms with Crippen molar-refractivity contribution in [3.05, 3.63) is 41.5 Å². The Bertz CT molecular complexity index is 534. The first-order valence-electron chi connectivity index (χ1n) is 10.2. The maximum Gasteiger partial charge on any atom is 0.339 e. The van der Waals surface area contributed by atoms with Crippen LogP contribution in [-0.4, -0.2) is 18.2 Å². The molecule has 1 aromatic carbocycles. The van der Waals surface area contributed by atoms with Crippen LogP contribution in [0.15, 0.2) is 30.4 Å². The summed E-state index contributed by atoms with van der Waals surface area (Å²) in [6.07, 6.45) is 19.1. The summed E-state index contributed by atoms with van der Waals surface area (Å²) in [5.74, 6) is -0.449. The lowest BCUT2D eigenvalue weighted by molar-refractivity contribution is 0.0692. The van der Waals surface area contributed by atoms with Crippen molar-refractivity contribution in [3.63, 3.8) is 0 Å². The predicted octanol–water partition coefficient (Wildman–Crippen LogP) is 6.80. The van der Waals surface area contributed by atoms with Crippen molar-refractivity contribution in [1.29, 1.82) is 0 Å². The first kappa shape index (κ1) is 22.3. The van der Waals surface area contributed by atoms with Gasteiger partial charge in [0.25, 0.3) is 0 Å². The Labute approximate surface area is 159 Å². The predicted molar refractivity (Wildman–Crippen MR) is 109 cm³/mol. The third-order valence-corrected chi connectivity index (χ3v) is 4.75. The second-order valence-electron chi connectivity index (χ2n) is 6.93. The average molecular weight is 361 g/mol. The molecule has 1 aromatic rings. The Hall–Kier alpha value is -1.77. The van der Waals surface area contributed by atoms with Gasteiger partial charge in [0.15, 0.2) is 0 Å². The standard InChI is InChI=1S/C23H36O3/c1-3-4-5-6-7-8-9-10-11-12-13-14-15-17-20-18-16-19-21(26-2)22(20)23(24)25/h8-9,16,18-19H,3-7,10-15,17H2,1-2H3,(H,24,25)/b9-8-. The van der Waals surface area contributed by atoms with Crippen LogP contribution in [0.2, 0.25) is 0 Å². The summed E-state index contributed by atoms with van der Waals surface area (Å²) in [6, 6.07) is 5.48. The molecule has 0 unspecified atom stereocenters. The van der Waals surface area contributed by atoms with Crippen LogP contribution in [0.1, 0.15) is 93.5 Å². The van der Waals surface area contributed by atoms with E-state index in [1.807, 2.05) is 12.1 Å². The van der Waals surface area contributed by atoms with Gasteiger partial charge >= 0.3 is 5.97 Å². The number of benzene rings is 1. The summed E-state index contributed by atoms with van der Waals surface area (Å²) < 4.78 is 5.18. The lowest BCUT2D eigenvalue weighted by atomic mass is 9.99. The van der Waals surface area contributed by atoms with Crippen molar-refractivity contribution in [1.82, 2.24) is 0 Å². The van der Waals surface area contributed by atoms with Crippen LogP contribution in [0.5, 0.6) is 5.75 Å². The van der Waals surface area contributed by atoms with Crippen LogP contribution in [-0.2, 0) is 6.42 Å². The number of hydrogen-bond donors (Lipinski definition) is 1. The van der Waals surface area contributed by atoms with E-state index in [9.17, 15) is 9.90 Å². The Kier molecular flexibility index (Phi) is 12.3. The molecule has 3 nitrogen and oxygen atoms in total. The fraction of sp³-hybridized carbons (Fsp3) is 0.609. The van der Waals surface area contributed by atoms with Gasteiger partial charge in [0.1, 0.15) is 11.3 Å². The summed E-state index contributed by atoms with van der Waals surface area (Å²) >= 11 is 0. The highest BCUT2D eigenvalue weighted by Gasteiger charge is 2.15. The third kappa shape index (κ3) is 9.07. The molecule has 0 aliphatic heterocycles. The summed E-state index contributed by atoms with van der Waals surface area (Å²) in [5, 5.41) is 9.40. The van der Waals surface area contributed by atoms with E-state index in [1.54, 1.807) is 6.07 Å². The molecule has 3 heteroatoms. The number of ether oxygens (including phenoxy) is 1. The van der Waals surface area contributed by atoms with Gasteiger partial charge in [-0.15, -0.1) is 0 Å². The molecule has 0 fully saturated rings. The number of methoxy groups -OCH3 is 1. The van der Waals surface area contributed by atoms with Gasteiger partial charge in [0.2, 0.25) is 0 Å². The van der Waals surface area contributed by atoms with Crippen LogP contribution < -0.4 is 4.74 Å². The zero-order chi connectivity index (χ0) is 19.0. The third-order valence-electron chi connectivity index (χ3n) is 4.75. The van der Waals surface area contributed by atoms with E-state index < -0.39 is 5.97 Å². The lowest BCUT2D eigenvalue weighted by Gasteiger charge is -2.10. The quantitative estimate of drug-likeness (QED) is 0.276.